The Balaban J connectivity index is 2.68. The molecule has 1 aromatic heterocycles. The number of amides is 1. The standard InChI is InChI=1S/C11H14Cl2N2O3/c1-18-5-4-7(6-16)14-11(17)8-2-3-9(12)15-10(8)13/h2-3,7,16H,4-6H2,1H3,(H,14,17). The Hall–Kier alpha value is -0.880. The highest BCUT2D eigenvalue weighted by Crippen LogP contribution is 2.16. The second-order valence-corrected chi connectivity index (χ2v) is 4.35. The molecule has 1 amide bonds. The summed E-state index contributed by atoms with van der Waals surface area (Å²) in [5, 5.41) is 12.0. The van der Waals surface area contributed by atoms with Gasteiger partial charge in [-0.25, -0.2) is 4.98 Å². The van der Waals surface area contributed by atoms with Crippen LogP contribution in [0.2, 0.25) is 10.3 Å². The number of hydrogen-bond donors (Lipinski definition) is 2. The lowest BCUT2D eigenvalue weighted by Crippen LogP contribution is -2.38. The van der Waals surface area contributed by atoms with E-state index in [9.17, 15) is 4.79 Å². The third kappa shape index (κ3) is 4.42. The van der Waals surface area contributed by atoms with Crippen LogP contribution in [0, 0.1) is 0 Å². The molecule has 0 fully saturated rings. The molecule has 0 saturated heterocycles. The molecule has 0 aliphatic heterocycles. The van der Waals surface area contributed by atoms with Gasteiger partial charge in [-0.1, -0.05) is 23.2 Å². The number of methoxy groups -OCH3 is 1. The summed E-state index contributed by atoms with van der Waals surface area (Å²) in [6.07, 6.45) is 0.511. The van der Waals surface area contributed by atoms with Crippen molar-refractivity contribution in [1.82, 2.24) is 10.3 Å². The third-order valence-corrected chi connectivity index (χ3v) is 2.78. The minimum Gasteiger partial charge on any atom is -0.394 e. The normalized spacial score (nSPS) is 12.2. The van der Waals surface area contributed by atoms with Gasteiger partial charge in [-0.15, -0.1) is 0 Å². The van der Waals surface area contributed by atoms with Crippen LogP contribution in [0.4, 0.5) is 0 Å². The first-order chi connectivity index (χ1) is 8.58. The molecule has 0 spiro atoms. The Morgan fingerprint density at radius 2 is 2.28 bits per heavy atom. The minimum absolute atomic E-state index is 0.0310. The molecule has 1 unspecified atom stereocenters. The van der Waals surface area contributed by atoms with Crippen LogP contribution in [0.25, 0.3) is 0 Å². The van der Waals surface area contributed by atoms with Gasteiger partial charge in [0, 0.05) is 13.7 Å². The Bertz CT molecular complexity index is 415. The van der Waals surface area contributed by atoms with Crippen molar-refractivity contribution in [1.29, 1.82) is 0 Å². The number of hydrogen-bond acceptors (Lipinski definition) is 4. The number of carbonyl (C=O) groups is 1. The molecule has 0 aromatic carbocycles. The van der Waals surface area contributed by atoms with E-state index in [1.165, 1.54) is 12.1 Å². The number of halogens is 2. The lowest BCUT2D eigenvalue weighted by Gasteiger charge is -2.16. The van der Waals surface area contributed by atoms with Gasteiger partial charge in [0.1, 0.15) is 10.3 Å². The molecule has 0 aliphatic carbocycles. The zero-order chi connectivity index (χ0) is 13.5. The first-order valence-corrected chi connectivity index (χ1v) is 6.06. The zero-order valence-corrected chi connectivity index (χ0v) is 11.3. The fourth-order valence-corrected chi connectivity index (χ4v) is 1.74. The van der Waals surface area contributed by atoms with E-state index in [1.54, 1.807) is 7.11 Å². The molecule has 0 aliphatic rings. The van der Waals surface area contributed by atoms with Crippen molar-refractivity contribution in [2.45, 2.75) is 12.5 Å². The number of aromatic nitrogens is 1. The molecule has 0 radical (unpaired) electrons. The van der Waals surface area contributed by atoms with E-state index in [0.717, 1.165) is 0 Å². The van der Waals surface area contributed by atoms with Gasteiger partial charge in [-0.05, 0) is 18.6 Å². The maximum atomic E-state index is 11.9. The third-order valence-electron chi connectivity index (χ3n) is 2.29. The highest BCUT2D eigenvalue weighted by Gasteiger charge is 2.16. The molecule has 0 bridgehead atoms. The van der Waals surface area contributed by atoms with Gasteiger partial charge in [-0.3, -0.25) is 4.79 Å². The number of aliphatic hydroxyl groups excluding tert-OH is 1. The molecule has 1 aromatic rings. The molecule has 1 rings (SSSR count). The average Bonchev–Trinajstić information content (AvgIpc) is 2.34. The molecule has 18 heavy (non-hydrogen) atoms. The maximum absolute atomic E-state index is 11.9. The highest BCUT2D eigenvalue weighted by molar-refractivity contribution is 6.34. The molecule has 0 saturated carbocycles. The van der Waals surface area contributed by atoms with Crippen molar-refractivity contribution in [2.75, 3.05) is 20.3 Å². The van der Waals surface area contributed by atoms with Gasteiger partial charge < -0.3 is 15.2 Å². The summed E-state index contributed by atoms with van der Waals surface area (Å²) in [6, 6.07) is 2.58. The first-order valence-electron chi connectivity index (χ1n) is 5.31. The largest absolute Gasteiger partial charge is 0.394 e. The Morgan fingerprint density at radius 3 is 2.83 bits per heavy atom. The molecular formula is C11H14Cl2N2O3. The number of nitrogens with zero attached hydrogens (tertiary/aromatic N) is 1. The number of rotatable bonds is 6. The lowest BCUT2D eigenvalue weighted by molar-refractivity contribution is 0.0894. The van der Waals surface area contributed by atoms with Crippen LogP contribution in [-0.2, 0) is 4.74 Å². The second-order valence-electron chi connectivity index (χ2n) is 3.61. The van der Waals surface area contributed by atoms with Crippen LogP contribution >= 0.6 is 23.2 Å². The van der Waals surface area contributed by atoms with Gasteiger partial charge in [0.25, 0.3) is 5.91 Å². The smallest absolute Gasteiger partial charge is 0.254 e. The van der Waals surface area contributed by atoms with Crippen molar-refractivity contribution in [3.8, 4) is 0 Å². The maximum Gasteiger partial charge on any atom is 0.254 e. The Kier molecular flexibility index (Phi) is 6.35. The van der Waals surface area contributed by atoms with E-state index in [0.29, 0.717) is 13.0 Å². The van der Waals surface area contributed by atoms with Crippen LogP contribution in [0.1, 0.15) is 16.8 Å². The number of aliphatic hydroxyl groups is 1. The fourth-order valence-electron chi connectivity index (χ4n) is 1.31. The first kappa shape index (κ1) is 15.2. The van der Waals surface area contributed by atoms with E-state index in [4.69, 9.17) is 33.0 Å². The van der Waals surface area contributed by atoms with Crippen LogP contribution in [0.3, 0.4) is 0 Å². The van der Waals surface area contributed by atoms with Crippen molar-refractivity contribution < 1.29 is 14.6 Å². The average molecular weight is 293 g/mol. The van der Waals surface area contributed by atoms with E-state index in [-0.39, 0.29) is 28.5 Å². The number of nitrogens with one attached hydrogen (secondary N) is 1. The van der Waals surface area contributed by atoms with Gasteiger partial charge in [0.05, 0.1) is 18.2 Å². The minimum atomic E-state index is -0.403. The topological polar surface area (TPSA) is 71.5 Å². The summed E-state index contributed by atoms with van der Waals surface area (Å²) in [6.45, 7) is 0.270. The van der Waals surface area contributed by atoms with Gasteiger partial charge >= 0.3 is 0 Å². The lowest BCUT2D eigenvalue weighted by atomic mass is 10.2. The molecule has 5 nitrogen and oxygen atoms in total. The summed E-state index contributed by atoms with van der Waals surface area (Å²) in [5.74, 6) is -0.403. The summed E-state index contributed by atoms with van der Waals surface area (Å²) in [4.78, 5) is 15.7. The SMILES string of the molecule is COCCC(CO)NC(=O)c1ccc(Cl)nc1Cl. The highest BCUT2D eigenvalue weighted by atomic mass is 35.5. The molecule has 100 valence electrons. The number of carbonyl (C=O) groups excluding carboxylic acids is 1. The van der Waals surface area contributed by atoms with E-state index in [1.807, 2.05) is 0 Å². The summed E-state index contributed by atoms with van der Waals surface area (Å²) < 4.78 is 4.88. The molecule has 7 heteroatoms. The monoisotopic (exact) mass is 292 g/mol. The van der Waals surface area contributed by atoms with Crippen LogP contribution in [-0.4, -0.2) is 42.4 Å². The van der Waals surface area contributed by atoms with E-state index < -0.39 is 5.91 Å². The molecule has 1 heterocycles. The second kappa shape index (κ2) is 7.53. The van der Waals surface area contributed by atoms with Crippen molar-refractivity contribution in [3.05, 3.63) is 28.0 Å². The predicted octanol–water partition coefficient (Wildman–Crippen LogP) is 1.52. The van der Waals surface area contributed by atoms with Crippen LogP contribution in [0.15, 0.2) is 12.1 Å². The quantitative estimate of drug-likeness (QED) is 0.780. The number of pyridine rings is 1. The van der Waals surface area contributed by atoms with Crippen LogP contribution < -0.4 is 5.32 Å². The van der Waals surface area contributed by atoms with Gasteiger partial charge in [-0.2, -0.15) is 0 Å². The van der Waals surface area contributed by atoms with Gasteiger partial charge in [0.2, 0.25) is 0 Å². The zero-order valence-electron chi connectivity index (χ0n) is 9.82. The molecule has 1 atom stereocenters. The van der Waals surface area contributed by atoms with Crippen molar-refractivity contribution in [2.24, 2.45) is 0 Å². The molecule has 2 N–H and O–H groups in total. The predicted molar refractivity (Wildman–Crippen MR) is 69.1 cm³/mol. The fraction of sp³-hybridized carbons (Fsp3) is 0.455. The Labute approximate surface area is 115 Å². The van der Waals surface area contributed by atoms with Crippen molar-refractivity contribution in [3.63, 3.8) is 0 Å². The van der Waals surface area contributed by atoms with E-state index >= 15 is 0 Å². The number of ether oxygens (including phenoxy) is 1. The van der Waals surface area contributed by atoms with E-state index in [2.05, 4.69) is 10.3 Å². The van der Waals surface area contributed by atoms with Gasteiger partial charge in [0.15, 0.2) is 0 Å². The van der Waals surface area contributed by atoms with Crippen molar-refractivity contribution >= 4 is 29.1 Å². The summed E-state index contributed by atoms with van der Waals surface area (Å²) >= 11 is 11.5. The Morgan fingerprint density at radius 1 is 1.56 bits per heavy atom. The molecular weight excluding hydrogens is 279 g/mol. The summed E-state index contributed by atoms with van der Waals surface area (Å²) in [5.41, 5.74) is 0.219. The van der Waals surface area contributed by atoms with Crippen LogP contribution in [0.5, 0.6) is 0 Å². The summed E-state index contributed by atoms with van der Waals surface area (Å²) in [7, 11) is 1.55.